The van der Waals surface area contributed by atoms with Crippen molar-refractivity contribution in [1.82, 2.24) is 10.2 Å². The molecule has 1 N–H and O–H groups in total. The van der Waals surface area contributed by atoms with E-state index in [1.54, 1.807) is 15.9 Å². The second-order valence-electron chi connectivity index (χ2n) is 9.43. The number of para-hydroxylation sites is 1. The van der Waals surface area contributed by atoms with Crippen molar-refractivity contribution in [1.29, 1.82) is 0 Å². The molecule has 188 valence electrons. The van der Waals surface area contributed by atoms with Gasteiger partial charge in [0.25, 0.3) is 11.8 Å². The van der Waals surface area contributed by atoms with E-state index in [0.717, 1.165) is 36.1 Å². The van der Waals surface area contributed by atoms with Gasteiger partial charge >= 0.3 is 0 Å². The summed E-state index contributed by atoms with van der Waals surface area (Å²) in [6, 6.07) is 20.4. The van der Waals surface area contributed by atoms with Crippen molar-refractivity contribution in [2.45, 2.75) is 38.4 Å². The summed E-state index contributed by atoms with van der Waals surface area (Å²) in [7, 11) is 0. The van der Waals surface area contributed by atoms with Gasteiger partial charge in [-0.2, -0.15) is 0 Å². The number of benzene rings is 3. The first-order valence-corrected chi connectivity index (χ1v) is 12.6. The average Bonchev–Trinajstić information content (AvgIpc) is 3.51. The van der Waals surface area contributed by atoms with Gasteiger partial charge in [0.2, 0.25) is 12.7 Å². The van der Waals surface area contributed by atoms with E-state index in [1.807, 2.05) is 60.7 Å². The zero-order valence-electron chi connectivity index (χ0n) is 20.3. The van der Waals surface area contributed by atoms with E-state index in [9.17, 15) is 14.4 Å². The van der Waals surface area contributed by atoms with Gasteiger partial charge < -0.3 is 19.7 Å². The average molecular weight is 498 g/mol. The van der Waals surface area contributed by atoms with E-state index in [-0.39, 0.29) is 24.5 Å². The fraction of sp³-hybridized carbons (Fsp3) is 0.276. The van der Waals surface area contributed by atoms with Crippen LogP contribution in [0.1, 0.15) is 63.7 Å². The Hall–Kier alpha value is -4.33. The number of anilines is 1. The topological polar surface area (TPSA) is 88.2 Å². The molecule has 8 heteroatoms. The number of nitrogens with one attached hydrogen (secondary N) is 1. The highest BCUT2D eigenvalue weighted by molar-refractivity contribution is 6.16. The van der Waals surface area contributed by atoms with Gasteiger partial charge in [0, 0.05) is 30.6 Å². The van der Waals surface area contributed by atoms with Crippen LogP contribution in [0.15, 0.2) is 66.7 Å². The molecule has 0 aromatic heterocycles. The lowest BCUT2D eigenvalue weighted by atomic mass is 10.0. The van der Waals surface area contributed by atoms with Crippen LogP contribution in [-0.4, -0.2) is 36.0 Å². The number of hydrogen-bond donors (Lipinski definition) is 1. The lowest BCUT2D eigenvalue weighted by molar-refractivity contribution is -0.121. The highest BCUT2D eigenvalue weighted by atomic mass is 16.7. The van der Waals surface area contributed by atoms with Gasteiger partial charge in [-0.3, -0.25) is 19.3 Å². The number of carbonyl (C=O) groups is 3. The number of hydrogen-bond acceptors (Lipinski definition) is 5. The summed E-state index contributed by atoms with van der Waals surface area (Å²) in [5.41, 5.74) is 3.66. The van der Waals surface area contributed by atoms with Crippen molar-refractivity contribution in [2.24, 2.45) is 0 Å². The zero-order chi connectivity index (χ0) is 25.4. The van der Waals surface area contributed by atoms with Gasteiger partial charge in [-0.15, -0.1) is 0 Å². The molecule has 0 saturated heterocycles. The van der Waals surface area contributed by atoms with Crippen LogP contribution in [0.4, 0.5) is 5.69 Å². The molecule has 3 aliphatic rings. The van der Waals surface area contributed by atoms with Crippen molar-refractivity contribution < 1.29 is 23.9 Å². The molecule has 0 bridgehead atoms. The van der Waals surface area contributed by atoms with E-state index >= 15 is 0 Å². The maximum absolute atomic E-state index is 13.4. The van der Waals surface area contributed by atoms with E-state index < -0.39 is 6.17 Å². The minimum atomic E-state index is -0.434. The largest absolute Gasteiger partial charge is 0.454 e. The molecular weight excluding hydrogens is 470 g/mol. The van der Waals surface area contributed by atoms with Gasteiger partial charge in [-0.05, 0) is 48.7 Å². The van der Waals surface area contributed by atoms with Gasteiger partial charge in [0.1, 0.15) is 6.17 Å². The second kappa shape index (κ2) is 9.61. The first-order valence-electron chi connectivity index (χ1n) is 12.6. The molecule has 0 unspecified atom stereocenters. The molecular formula is C29H27N3O5. The van der Waals surface area contributed by atoms with E-state index in [4.69, 9.17) is 9.47 Å². The molecule has 6 rings (SSSR count). The third kappa shape index (κ3) is 4.18. The van der Waals surface area contributed by atoms with Crippen LogP contribution in [-0.2, 0) is 11.3 Å². The van der Waals surface area contributed by atoms with Crippen LogP contribution in [0.25, 0.3) is 0 Å². The summed E-state index contributed by atoms with van der Waals surface area (Å²) in [6.45, 7) is 1.17. The monoisotopic (exact) mass is 497 g/mol. The number of rotatable bonds is 8. The first-order chi connectivity index (χ1) is 18.1. The van der Waals surface area contributed by atoms with Crippen molar-refractivity contribution >= 4 is 23.4 Å². The molecule has 3 aromatic rings. The molecule has 1 atom stereocenters. The Balaban J connectivity index is 1.05. The summed E-state index contributed by atoms with van der Waals surface area (Å²) in [6.07, 6.45) is 2.24. The molecule has 3 amide bonds. The van der Waals surface area contributed by atoms with Crippen molar-refractivity contribution in [3.63, 3.8) is 0 Å². The molecule has 0 radical (unpaired) electrons. The third-order valence-electron chi connectivity index (χ3n) is 7.11. The fourth-order valence-electron chi connectivity index (χ4n) is 5.28. The van der Waals surface area contributed by atoms with Gasteiger partial charge in [0.15, 0.2) is 11.5 Å². The minimum absolute atomic E-state index is 0.0119. The fourth-order valence-corrected chi connectivity index (χ4v) is 5.28. The summed E-state index contributed by atoms with van der Waals surface area (Å²) in [5, 5.41) is 2.95. The molecule has 0 aliphatic carbocycles. The maximum Gasteiger partial charge on any atom is 0.260 e. The summed E-state index contributed by atoms with van der Waals surface area (Å²) in [4.78, 5) is 42.6. The number of unbranched alkanes of at least 4 members (excludes halogenated alkanes) is 2. The SMILES string of the molecule is O=C(CCCCCN1C(=O)c2ccccc2N2C(=O)c3ccccc3[C@@H]12)NCc1ccc2c(c1)OCO2. The summed E-state index contributed by atoms with van der Waals surface area (Å²) < 4.78 is 10.7. The lowest BCUT2D eigenvalue weighted by Crippen LogP contribution is -2.48. The molecule has 3 heterocycles. The highest BCUT2D eigenvalue weighted by Gasteiger charge is 2.47. The number of ether oxygens (including phenoxy) is 2. The smallest absolute Gasteiger partial charge is 0.260 e. The highest BCUT2D eigenvalue weighted by Crippen LogP contribution is 2.45. The van der Waals surface area contributed by atoms with Gasteiger partial charge in [0.05, 0.1) is 11.3 Å². The molecule has 3 aromatic carbocycles. The Bertz CT molecular complexity index is 1390. The Kier molecular flexibility index (Phi) is 6.00. The zero-order valence-corrected chi connectivity index (χ0v) is 20.3. The van der Waals surface area contributed by atoms with Crippen LogP contribution in [0.2, 0.25) is 0 Å². The predicted octanol–water partition coefficient (Wildman–Crippen LogP) is 4.41. The maximum atomic E-state index is 13.4. The van der Waals surface area contributed by atoms with Crippen LogP contribution >= 0.6 is 0 Å². The number of nitrogens with zero attached hydrogens (tertiary/aromatic N) is 2. The van der Waals surface area contributed by atoms with E-state index in [2.05, 4.69) is 5.32 Å². The molecule has 8 nitrogen and oxygen atoms in total. The van der Waals surface area contributed by atoms with Crippen molar-refractivity contribution in [2.75, 3.05) is 18.2 Å². The van der Waals surface area contributed by atoms with Crippen molar-refractivity contribution in [3.05, 3.63) is 89.0 Å². The minimum Gasteiger partial charge on any atom is -0.454 e. The molecule has 0 spiro atoms. The Labute approximate surface area is 214 Å². The summed E-state index contributed by atoms with van der Waals surface area (Å²) in [5.74, 6) is 1.26. The van der Waals surface area contributed by atoms with E-state index in [0.29, 0.717) is 42.1 Å². The first kappa shape index (κ1) is 23.1. The van der Waals surface area contributed by atoms with Gasteiger partial charge in [-0.1, -0.05) is 42.8 Å². The predicted molar refractivity (Wildman–Crippen MR) is 136 cm³/mol. The molecule has 0 saturated carbocycles. The Morgan fingerprint density at radius 3 is 2.54 bits per heavy atom. The Morgan fingerprint density at radius 1 is 0.865 bits per heavy atom. The number of amides is 3. The summed E-state index contributed by atoms with van der Waals surface area (Å²) >= 11 is 0. The normalized spacial score (nSPS) is 16.9. The molecule has 3 aliphatic heterocycles. The molecule has 0 fully saturated rings. The van der Waals surface area contributed by atoms with Crippen LogP contribution in [0.3, 0.4) is 0 Å². The van der Waals surface area contributed by atoms with Crippen LogP contribution < -0.4 is 19.7 Å². The van der Waals surface area contributed by atoms with Crippen LogP contribution in [0, 0.1) is 0 Å². The number of fused-ring (bicyclic) bond motifs is 6. The second-order valence-corrected chi connectivity index (χ2v) is 9.43. The van der Waals surface area contributed by atoms with Crippen LogP contribution in [0.5, 0.6) is 11.5 Å². The van der Waals surface area contributed by atoms with Gasteiger partial charge in [-0.25, -0.2) is 0 Å². The van der Waals surface area contributed by atoms with Crippen molar-refractivity contribution in [3.8, 4) is 11.5 Å². The lowest BCUT2D eigenvalue weighted by Gasteiger charge is -2.41. The molecule has 37 heavy (non-hydrogen) atoms. The third-order valence-corrected chi connectivity index (χ3v) is 7.11. The Morgan fingerprint density at radius 2 is 1.65 bits per heavy atom. The number of carbonyl (C=O) groups excluding carboxylic acids is 3. The quantitative estimate of drug-likeness (QED) is 0.466. The van der Waals surface area contributed by atoms with E-state index in [1.165, 1.54) is 0 Å². The standard InChI is InChI=1S/C29H27N3O5/c33-26(30-17-19-13-14-24-25(16-19)37-18-36-24)12-2-1-7-15-31-27-20-8-3-4-9-21(20)29(35)32(27)23-11-6-5-10-22(23)28(31)34/h3-6,8-11,13-14,16,27H,1-2,7,12,15,17-18H2,(H,30,33)/t27-/m0/s1.